The minimum atomic E-state index is -0.748. The van der Waals surface area contributed by atoms with E-state index in [0.29, 0.717) is 4.75 Å². The lowest BCUT2D eigenvalue weighted by atomic mass is 10.3. The molecule has 0 spiro atoms. The predicted octanol–water partition coefficient (Wildman–Crippen LogP) is 3.67. The molecule has 0 unspecified atom stereocenters. The van der Waals surface area contributed by atoms with Crippen LogP contribution in [0, 0.1) is 6.92 Å². The van der Waals surface area contributed by atoms with Crippen LogP contribution in [0.4, 0.5) is 0 Å². The zero-order valence-corrected chi connectivity index (χ0v) is 11.0. The van der Waals surface area contributed by atoms with Crippen LogP contribution in [-0.2, 0) is 0 Å². The van der Waals surface area contributed by atoms with Gasteiger partial charge >= 0.3 is 0 Å². The smallest absolute Gasteiger partial charge is 0.132 e. The number of rotatable bonds is 1. The summed E-state index contributed by atoms with van der Waals surface area (Å²) < 4.78 is 1.68. The highest BCUT2D eigenvalue weighted by atomic mass is 32.3. The van der Waals surface area contributed by atoms with Crippen molar-refractivity contribution < 1.29 is 0 Å². The molecule has 0 atom stereocenters. The van der Waals surface area contributed by atoms with Crippen molar-refractivity contribution in [3.05, 3.63) is 11.1 Å². The van der Waals surface area contributed by atoms with E-state index in [4.69, 9.17) is 0 Å². The number of aryl methyl sites for hydroxylation is 1. The zero-order chi connectivity index (χ0) is 10.3. The van der Waals surface area contributed by atoms with Gasteiger partial charge in [-0.2, -0.15) is 10.0 Å². The van der Waals surface area contributed by atoms with Crippen molar-refractivity contribution >= 4 is 21.4 Å². The van der Waals surface area contributed by atoms with E-state index in [1.165, 1.54) is 9.22 Å². The summed E-state index contributed by atoms with van der Waals surface area (Å²) >= 11 is 1.85. The summed E-state index contributed by atoms with van der Waals surface area (Å²) in [4.78, 5) is 5.83. The van der Waals surface area contributed by atoms with Crippen LogP contribution in [0.3, 0.4) is 0 Å². The van der Waals surface area contributed by atoms with Gasteiger partial charge in [-0.15, -0.1) is 11.3 Å². The van der Waals surface area contributed by atoms with Gasteiger partial charge in [-0.05, 0) is 24.2 Å². The highest BCUT2D eigenvalue weighted by Gasteiger charge is 2.31. The third-order valence-electron chi connectivity index (χ3n) is 2.57. The van der Waals surface area contributed by atoms with Gasteiger partial charge in [-0.3, -0.25) is 0 Å². The molecular weight excluding hydrogens is 198 g/mol. The highest BCUT2D eigenvalue weighted by Crippen LogP contribution is 2.60. The molecule has 0 saturated carbocycles. The molecule has 1 aromatic rings. The van der Waals surface area contributed by atoms with Gasteiger partial charge in [0, 0.05) is 11.1 Å². The summed E-state index contributed by atoms with van der Waals surface area (Å²) in [5.41, 5.74) is 0. The van der Waals surface area contributed by atoms with E-state index in [1.54, 1.807) is 0 Å². The van der Waals surface area contributed by atoms with Crippen LogP contribution in [0.15, 0.2) is 10.5 Å². The van der Waals surface area contributed by atoms with E-state index in [9.17, 15) is 0 Å². The van der Waals surface area contributed by atoms with Crippen molar-refractivity contribution in [2.45, 2.75) is 36.8 Å². The summed E-state index contributed by atoms with van der Waals surface area (Å²) in [6, 6.07) is 0. The van der Waals surface area contributed by atoms with Gasteiger partial charge in [0.05, 0.1) is 0 Å². The maximum absolute atomic E-state index is 4.51. The van der Waals surface area contributed by atoms with Crippen LogP contribution in [0.5, 0.6) is 0 Å². The van der Waals surface area contributed by atoms with Crippen LogP contribution in [0.2, 0.25) is 0 Å². The minimum Gasteiger partial charge on any atom is -0.239 e. The fraction of sp³-hybridized carbons (Fsp3) is 0.700. The number of aromatic nitrogens is 1. The lowest BCUT2D eigenvalue weighted by molar-refractivity contribution is 0.785. The summed E-state index contributed by atoms with van der Waals surface area (Å²) in [7, 11) is -0.748. The Morgan fingerprint density at radius 3 is 2.15 bits per heavy atom. The molecule has 1 nitrogen and oxygen atoms in total. The SMILES string of the molecule is Cc1cnc(S(C)(C)C(C)(C)C)s1. The number of hydrogen-bond acceptors (Lipinski definition) is 2. The first-order chi connectivity index (χ1) is 5.75. The molecule has 0 N–H and O–H groups in total. The first-order valence-corrected chi connectivity index (χ1v) is 7.67. The van der Waals surface area contributed by atoms with Gasteiger partial charge in [0.25, 0.3) is 0 Å². The van der Waals surface area contributed by atoms with E-state index in [1.807, 2.05) is 17.5 Å². The second-order valence-corrected chi connectivity index (χ2v) is 10.4. The van der Waals surface area contributed by atoms with E-state index in [-0.39, 0.29) is 0 Å². The molecule has 1 heterocycles. The lowest BCUT2D eigenvalue weighted by Crippen LogP contribution is -2.23. The molecule has 3 heteroatoms. The Morgan fingerprint density at radius 1 is 1.31 bits per heavy atom. The molecule has 0 amide bonds. The third-order valence-corrected chi connectivity index (χ3v) is 8.82. The molecule has 0 saturated heterocycles. The molecule has 0 bridgehead atoms. The maximum atomic E-state index is 4.51. The lowest BCUT2D eigenvalue weighted by Gasteiger charge is -2.42. The van der Waals surface area contributed by atoms with Gasteiger partial charge in [-0.1, -0.05) is 20.8 Å². The van der Waals surface area contributed by atoms with E-state index in [2.05, 4.69) is 45.2 Å². The summed E-state index contributed by atoms with van der Waals surface area (Å²) in [6.07, 6.45) is 6.69. The first kappa shape index (κ1) is 11.1. The highest BCUT2D eigenvalue weighted by molar-refractivity contribution is 8.34. The third kappa shape index (κ3) is 2.08. The second-order valence-electron chi connectivity index (χ2n) is 4.68. The number of nitrogens with zero attached hydrogens (tertiary/aromatic N) is 1. The van der Waals surface area contributed by atoms with Gasteiger partial charge in [0.2, 0.25) is 0 Å². The average Bonchev–Trinajstić information content (AvgIpc) is 2.33. The Labute approximate surface area is 86.9 Å². The van der Waals surface area contributed by atoms with Crippen LogP contribution in [0.1, 0.15) is 25.6 Å². The minimum absolute atomic E-state index is 0.345. The Kier molecular flexibility index (Phi) is 2.79. The molecule has 0 aliphatic carbocycles. The van der Waals surface area contributed by atoms with E-state index < -0.39 is 10.0 Å². The Bertz CT molecular complexity index is 294. The summed E-state index contributed by atoms with van der Waals surface area (Å²) in [5.74, 6) is 0. The van der Waals surface area contributed by atoms with E-state index >= 15 is 0 Å². The van der Waals surface area contributed by atoms with E-state index in [0.717, 1.165) is 0 Å². The molecule has 0 radical (unpaired) electrons. The van der Waals surface area contributed by atoms with Gasteiger partial charge < -0.3 is 0 Å². The van der Waals surface area contributed by atoms with Crippen LogP contribution < -0.4 is 0 Å². The van der Waals surface area contributed by atoms with Gasteiger partial charge in [0.15, 0.2) is 0 Å². The molecule has 1 rings (SSSR count). The Balaban J connectivity index is 3.07. The normalized spacial score (nSPS) is 14.6. The first-order valence-electron chi connectivity index (χ1n) is 4.40. The second kappa shape index (κ2) is 3.28. The van der Waals surface area contributed by atoms with Crippen molar-refractivity contribution in [3.8, 4) is 0 Å². The van der Waals surface area contributed by atoms with Crippen molar-refractivity contribution in [2.75, 3.05) is 12.5 Å². The van der Waals surface area contributed by atoms with Gasteiger partial charge in [0.1, 0.15) is 4.34 Å². The number of hydrogen-bond donors (Lipinski definition) is 0. The van der Waals surface area contributed by atoms with Crippen LogP contribution in [-0.4, -0.2) is 22.2 Å². The molecule has 0 fully saturated rings. The molecule has 13 heavy (non-hydrogen) atoms. The van der Waals surface area contributed by atoms with Crippen LogP contribution >= 0.6 is 21.4 Å². The Hall–Kier alpha value is -0.0200. The molecule has 1 aromatic heterocycles. The molecular formula is C10H19NS2. The molecule has 0 aromatic carbocycles. The standard InChI is InChI=1S/C10H19NS2/c1-8-7-11-9(12-8)13(5,6)10(2,3)4/h7H,1-6H3. The quantitative estimate of drug-likeness (QED) is 0.699. The fourth-order valence-corrected chi connectivity index (χ4v) is 4.14. The predicted molar refractivity (Wildman–Crippen MR) is 64.3 cm³/mol. The topological polar surface area (TPSA) is 12.9 Å². The zero-order valence-electron chi connectivity index (χ0n) is 9.34. The number of thiazole rings is 1. The average molecular weight is 217 g/mol. The maximum Gasteiger partial charge on any atom is 0.132 e. The fourth-order valence-electron chi connectivity index (χ4n) is 0.832. The monoisotopic (exact) mass is 217 g/mol. The van der Waals surface area contributed by atoms with Gasteiger partial charge in [-0.25, -0.2) is 4.98 Å². The van der Waals surface area contributed by atoms with Crippen LogP contribution in [0.25, 0.3) is 0 Å². The molecule has 0 aliphatic heterocycles. The van der Waals surface area contributed by atoms with Crippen molar-refractivity contribution in [3.63, 3.8) is 0 Å². The van der Waals surface area contributed by atoms with Crippen molar-refractivity contribution in [1.82, 2.24) is 4.98 Å². The molecule has 76 valence electrons. The largest absolute Gasteiger partial charge is 0.239 e. The van der Waals surface area contributed by atoms with Crippen molar-refractivity contribution in [2.24, 2.45) is 0 Å². The van der Waals surface area contributed by atoms with Crippen molar-refractivity contribution in [1.29, 1.82) is 0 Å². The summed E-state index contributed by atoms with van der Waals surface area (Å²) in [5, 5.41) is 0. The summed E-state index contributed by atoms with van der Waals surface area (Å²) in [6.45, 7) is 9.04. The molecule has 0 aliphatic rings. The Morgan fingerprint density at radius 2 is 1.85 bits per heavy atom.